The van der Waals surface area contributed by atoms with Gasteiger partial charge in [-0.3, -0.25) is 14.6 Å². The molecule has 0 spiro atoms. The van der Waals surface area contributed by atoms with E-state index in [4.69, 9.17) is 14.2 Å². The largest absolute Gasteiger partial charge is 0.490 e. The molecule has 1 fully saturated rings. The maximum Gasteiger partial charge on any atom is 0.271 e. The molecule has 1 aliphatic heterocycles. The van der Waals surface area contributed by atoms with E-state index in [1.807, 2.05) is 6.92 Å². The minimum atomic E-state index is -0.333. The van der Waals surface area contributed by atoms with Crippen LogP contribution in [0.2, 0.25) is 0 Å². The third-order valence-corrected chi connectivity index (χ3v) is 4.30. The lowest BCUT2D eigenvalue weighted by molar-refractivity contribution is -0.137. The Morgan fingerprint density at radius 1 is 1.17 bits per heavy atom. The Kier molecular flexibility index (Phi) is 7.73. The molecule has 0 saturated carbocycles. The molecule has 9 heteroatoms. The fourth-order valence-corrected chi connectivity index (χ4v) is 2.77. The maximum absolute atomic E-state index is 12.3. The topological polar surface area (TPSA) is 102 Å². The first-order valence-corrected chi connectivity index (χ1v) is 9.66. The van der Waals surface area contributed by atoms with Crippen molar-refractivity contribution < 1.29 is 23.8 Å². The SMILES string of the molecule is CCOc1cc(/C=N/NC(=O)c2ccncc2)ccc1OCC(=O)N1CCOCC1. The molecule has 0 atom stereocenters. The van der Waals surface area contributed by atoms with Crippen molar-refractivity contribution >= 4 is 18.0 Å². The third-order valence-electron chi connectivity index (χ3n) is 4.30. The van der Waals surface area contributed by atoms with Gasteiger partial charge in [0.25, 0.3) is 11.8 Å². The molecule has 1 aliphatic rings. The molecule has 1 aromatic carbocycles. The second-order valence-corrected chi connectivity index (χ2v) is 6.36. The van der Waals surface area contributed by atoms with Crippen molar-refractivity contribution in [2.24, 2.45) is 5.10 Å². The van der Waals surface area contributed by atoms with Gasteiger partial charge in [-0.25, -0.2) is 5.43 Å². The van der Waals surface area contributed by atoms with Gasteiger partial charge in [0.2, 0.25) is 0 Å². The Hall–Kier alpha value is -3.46. The number of rotatable bonds is 8. The minimum absolute atomic E-state index is 0.0739. The molecule has 0 unspecified atom stereocenters. The zero-order valence-electron chi connectivity index (χ0n) is 16.7. The van der Waals surface area contributed by atoms with E-state index in [-0.39, 0.29) is 18.4 Å². The van der Waals surface area contributed by atoms with Crippen molar-refractivity contribution in [2.75, 3.05) is 39.5 Å². The van der Waals surface area contributed by atoms with Crippen LogP contribution in [0, 0.1) is 0 Å². The highest BCUT2D eigenvalue weighted by Gasteiger charge is 2.18. The van der Waals surface area contributed by atoms with E-state index in [0.717, 1.165) is 0 Å². The summed E-state index contributed by atoms with van der Waals surface area (Å²) in [6, 6.07) is 8.41. The van der Waals surface area contributed by atoms with Crippen molar-refractivity contribution in [3.8, 4) is 11.5 Å². The predicted molar refractivity (Wildman–Crippen MR) is 110 cm³/mol. The molecule has 0 bridgehead atoms. The number of ether oxygens (including phenoxy) is 3. The van der Waals surface area contributed by atoms with Crippen LogP contribution in [0.25, 0.3) is 0 Å². The summed E-state index contributed by atoms with van der Waals surface area (Å²) >= 11 is 0. The number of nitrogens with zero attached hydrogens (tertiary/aromatic N) is 3. The fraction of sp³-hybridized carbons (Fsp3) is 0.333. The van der Waals surface area contributed by atoms with Crippen LogP contribution in [0.3, 0.4) is 0 Å². The third kappa shape index (κ3) is 6.02. The Morgan fingerprint density at radius 2 is 1.93 bits per heavy atom. The van der Waals surface area contributed by atoms with Crippen molar-refractivity contribution in [3.05, 3.63) is 53.9 Å². The van der Waals surface area contributed by atoms with Crippen LogP contribution in [0.15, 0.2) is 47.8 Å². The smallest absolute Gasteiger partial charge is 0.271 e. The highest BCUT2D eigenvalue weighted by molar-refractivity contribution is 5.94. The molecular formula is C21H24N4O5. The van der Waals surface area contributed by atoms with Gasteiger partial charge in [0.05, 0.1) is 26.0 Å². The highest BCUT2D eigenvalue weighted by Crippen LogP contribution is 2.28. The predicted octanol–water partition coefficient (Wildman–Crippen LogP) is 1.48. The number of hydrogen-bond donors (Lipinski definition) is 1. The first kappa shape index (κ1) is 21.3. The van der Waals surface area contributed by atoms with Crippen LogP contribution in [-0.4, -0.2) is 67.4 Å². The van der Waals surface area contributed by atoms with E-state index >= 15 is 0 Å². The molecule has 2 aromatic rings. The van der Waals surface area contributed by atoms with Gasteiger partial charge in [-0.2, -0.15) is 5.10 Å². The summed E-state index contributed by atoms with van der Waals surface area (Å²) in [6.45, 7) is 4.45. The van der Waals surface area contributed by atoms with Gasteiger partial charge in [-0.1, -0.05) is 0 Å². The Bertz CT molecular complexity index is 882. The number of carbonyl (C=O) groups excluding carboxylic acids is 2. The van der Waals surface area contributed by atoms with Crippen molar-refractivity contribution in [1.29, 1.82) is 0 Å². The summed E-state index contributed by atoms with van der Waals surface area (Å²) < 4.78 is 16.6. The molecule has 158 valence electrons. The molecule has 0 radical (unpaired) electrons. The van der Waals surface area contributed by atoms with E-state index in [9.17, 15) is 9.59 Å². The molecule has 2 amide bonds. The molecule has 9 nitrogen and oxygen atoms in total. The van der Waals surface area contributed by atoms with Gasteiger partial charge in [-0.05, 0) is 42.8 Å². The lowest BCUT2D eigenvalue weighted by atomic mass is 10.2. The molecule has 0 aliphatic carbocycles. The van der Waals surface area contributed by atoms with Crippen LogP contribution in [0.4, 0.5) is 0 Å². The van der Waals surface area contributed by atoms with Crippen LogP contribution < -0.4 is 14.9 Å². The van der Waals surface area contributed by atoms with E-state index < -0.39 is 0 Å². The van der Waals surface area contributed by atoms with Gasteiger partial charge >= 0.3 is 0 Å². The van der Waals surface area contributed by atoms with Gasteiger partial charge in [-0.15, -0.1) is 0 Å². The monoisotopic (exact) mass is 412 g/mol. The zero-order valence-corrected chi connectivity index (χ0v) is 16.7. The van der Waals surface area contributed by atoms with Crippen LogP contribution in [-0.2, 0) is 9.53 Å². The summed E-state index contributed by atoms with van der Waals surface area (Å²) in [4.78, 5) is 29.9. The standard InChI is InChI=1S/C21H24N4O5/c1-2-29-19-13-16(14-23-24-21(27)17-5-7-22-8-6-17)3-4-18(19)30-15-20(26)25-9-11-28-12-10-25/h3-8,13-14H,2,9-12,15H2,1H3,(H,24,27)/b23-14+. The molecule has 2 heterocycles. The number of hydrogen-bond acceptors (Lipinski definition) is 7. The number of amides is 2. The van der Waals surface area contributed by atoms with E-state index in [2.05, 4.69) is 15.5 Å². The molecule has 1 saturated heterocycles. The second kappa shape index (κ2) is 10.9. The molecule has 3 rings (SSSR count). The van der Waals surface area contributed by atoms with E-state index in [0.29, 0.717) is 55.5 Å². The summed E-state index contributed by atoms with van der Waals surface area (Å²) in [6.07, 6.45) is 4.58. The number of hydrazone groups is 1. The highest BCUT2D eigenvalue weighted by atomic mass is 16.5. The lowest BCUT2D eigenvalue weighted by Gasteiger charge is -2.26. The van der Waals surface area contributed by atoms with Gasteiger partial charge in [0.1, 0.15) is 0 Å². The van der Waals surface area contributed by atoms with Crippen molar-refractivity contribution in [2.45, 2.75) is 6.92 Å². The molecule has 30 heavy (non-hydrogen) atoms. The number of aromatic nitrogens is 1. The maximum atomic E-state index is 12.3. The summed E-state index contributed by atoms with van der Waals surface area (Å²) in [5.74, 6) is 0.540. The van der Waals surface area contributed by atoms with Crippen molar-refractivity contribution in [3.63, 3.8) is 0 Å². The Balaban J connectivity index is 1.59. The summed E-state index contributed by atoms with van der Waals surface area (Å²) in [5.41, 5.74) is 3.63. The first-order valence-electron chi connectivity index (χ1n) is 9.66. The molecule has 1 N–H and O–H groups in total. The second-order valence-electron chi connectivity index (χ2n) is 6.36. The quantitative estimate of drug-likeness (QED) is 0.521. The van der Waals surface area contributed by atoms with Gasteiger partial charge in [0, 0.05) is 31.0 Å². The number of carbonyl (C=O) groups is 2. The fourth-order valence-electron chi connectivity index (χ4n) is 2.77. The summed E-state index contributed by atoms with van der Waals surface area (Å²) in [5, 5.41) is 3.97. The van der Waals surface area contributed by atoms with Crippen LogP contribution in [0.1, 0.15) is 22.8 Å². The molecular weight excluding hydrogens is 388 g/mol. The van der Waals surface area contributed by atoms with E-state index in [1.165, 1.54) is 18.6 Å². The minimum Gasteiger partial charge on any atom is -0.490 e. The number of morpholine rings is 1. The molecule has 1 aromatic heterocycles. The zero-order chi connectivity index (χ0) is 21.2. The van der Waals surface area contributed by atoms with Crippen LogP contribution in [0.5, 0.6) is 11.5 Å². The first-order chi connectivity index (χ1) is 14.7. The van der Waals surface area contributed by atoms with Gasteiger partial charge < -0.3 is 19.1 Å². The Morgan fingerprint density at radius 3 is 2.67 bits per heavy atom. The number of nitrogens with one attached hydrogen (secondary N) is 1. The number of pyridine rings is 1. The normalized spacial score (nSPS) is 13.8. The summed E-state index contributed by atoms with van der Waals surface area (Å²) in [7, 11) is 0. The average Bonchev–Trinajstić information content (AvgIpc) is 2.79. The average molecular weight is 412 g/mol. The number of benzene rings is 1. The van der Waals surface area contributed by atoms with Crippen LogP contribution >= 0.6 is 0 Å². The van der Waals surface area contributed by atoms with E-state index in [1.54, 1.807) is 35.2 Å². The van der Waals surface area contributed by atoms with Crippen molar-refractivity contribution in [1.82, 2.24) is 15.3 Å². The van der Waals surface area contributed by atoms with Gasteiger partial charge in [0.15, 0.2) is 18.1 Å². The lowest BCUT2D eigenvalue weighted by Crippen LogP contribution is -2.43. The Labute approximate surface area is 174 Å².